The van der Waals surface area contributed by atoms with E-state index in [4.69, 9.17) is 27.9 Å². The van der Waals surface area contributed by atoms with Crippen LogP contribution in [0.2, 0.25) is 10.0 Å². The lowest BCUT2D eigenvalue weighted by Crippen LogP contribution is -2.11. The average Bonchev–Trinajstić information content (AvgIpc) is 3.09. The molecule has 5 nitrogen and oxygen atoms in total. The molecule has 3 aromatic rings. The van der Waals surface area contributed by atoms with Crippen molar-refractivity contribution < 1.29 is 9.53 Å². The zero-order chi connectivity index (χ0) is 19.2. The first-order valence-corrected chi connectivity index (χ1v) is 10.6. The Bertz CT molecular complexity index is 933. The van der Waals surface area contributed by atoms with Gasteiger partial charge in [-0.05, 0) is 48.9 Å². The molecule has 0 aliphatic rings. The topological polar surface area (TPSA) is 64.1 Å². The Balaban J connectivity index is 1.57. The van der Waals surface area contributed by atoms with E-state index in [1.54, 1.807) is 36.4 Å². The molecular formula is C18H15Cl2N3O2S2. The van der Waals surface area contributed by atoms with Crippen molar-refractivity contribution in [1.29, 1.82) is 0 Å². The largest absolute Gasteiger partial charge is 0.494 e. The Labute approximate surface area is 175 Å². The summed E-state index contributed by atoms with van der Waals surface area (Å²) >= 11 is 14.9. The molecular weight excluding hydrogens is 425 g/mol. The number of ether oxygens (including phenoxy) is 1. The van der Waals surface area contributed by atoms with Crippen LogP contribution in [-0.4, -0.2) is 22.7 Å². The van der Waals surface area contributed by atoms with E-state index >= 15 is 0 Å². The van der Waals surface area contributed by atoms with Gasteiger partial charge < -0.3 is 4.74 Å². The molecule has 1 aromatic heterocycles. The van der Waals surface area contributed by atoms with E-state index in [-0.39, 0.29) is 5.91 Å². The number of rotatable bonds is 7. The number of benzene rings is 2. The summed E-state index contributed by atoms with van der Waals surface area (Å²) in [6.45, 7) is 2.49. The van der Waals surface area contributed by atoms with Gasteiger partial charge in [-0.1, -0.05) is 52.4 Å². The Morgan fingerprint density at radius 3 is 2.67 bits per heavy atom. The van der Waals surface area contributed by atoms with E-state index in [0.29, 0.717) is 33.1 Å². The lowest BCUT2D eigenvalue weighted by Gasteiger charge is -2.04. The van der Waals surface area contributed by atoms with E-state index in [9.17, 15) is 4.79 Å². The number of halogens is 2. The summed E-state index contributed by atoms with van der Waals surface area (Å²) in [5, 5.41) is 12.5. The van der Waals surface area contributed by atoms with Gasteiger partial charge in [0.25, 0.3) is 5.91 Å². The third-order valence-corrected chi connectivity index (χ3v) is 6.03. The maximum atomic E-state index is 12.3. The molecule has 1 amide bonds. The smallest absolute Gasteiger partial charge is 0.257 e. The molecule has 2 aromatic carbocycles. The summed E-state index contributed by atoms with van der Waals surface area (Å²) in [5.74, 6) is 1.12. The molecule has 0 unspecified atom stereocenters. The van der Waals surface area contributed by atoms with E-state index < -0.39 is 0 Å². The third kappa shape index (κ3) is 5.59. The fraction of sp³-hybridized carbons (Fsp3) is 0.167. The zero-order valence-corrected chi connectivity index (χ0v) is 17.4. The maximum absolute atomic E-state index is 12.3. The van der Waals surface area contributed by atoms with Crippen molar-refractivity contribution >= 4 is 57.3 Å². The summed E-state index contributed by atoms with van der Waals surface area (Å²) in [5.41, 5.74) is 1.48. The number of thioether (sulfide) groups is 1. The van der Waals surface area contributed by atoms with Crippen LogP contribution in [0.1, 0.15) is 22.8 Å². The van der Waals surface area contributed by atoms with Crippen LogP contribution in [0.3, 0.4) is 0 Å². The number of carbonyl (C=O) groups is 1. The molecule has 0 aliphatic carbocycles. The Hall–Kier alpha value is -1.80. The molecule has 0 atom stereocenters. The molecule has 0 fully saturated rings. The van der Waals surface area contributed by atoms with E-state index in [0.717, 1.165) is 15.7 Å². The van der Waals surface area contributed by atoms with Crippen molar-refractivity contribution in [1.82, 2.24) is 10.2 Å². The van der Waals surface area contributed by atoms with Gasteiger partial charge in [0.15, 0.2) is 4.34 Å². The lowest BCUT2D eigenvalue weighted by molar-refractivity contribution is 0.102. The number of amides is 1. The van der Waals surface area contributed by atoms with Gasteiger partial charge in [-0.3, -0.25) is 10.1 Å². The normalized spacial score (nSPS) is 10.6. The summed E-state index contributed by atoms with van der Waals surface area (Å²) in [4.78, 5) is 12.3. The molecule has 1 heterocycles. The number of carbonyl (C=O) groups excluding carboxylic acids is 1. The van der Waals surface area contributed by atoms with Crippen LogP contribution in [0.25, 0.3) is 0 Å². The van der Waals surface area contributed by atoms with Crippen LogP contribution in [0.5, 0.6) is 5.75 Å². The number of aromatic nitrogens is 2. The van der Waals surface area contributed by atoms with Gasteiger partial charge in [-0.2, -0.15) is 0 Å². The first kappa shape index (κ1) is 19.9. The van der Waals surface area contributed by atoms with Crippen molar-refractivity contribution in [3.8, 4) is 5.75 Å². The fourth-order valence-electron chi connectivity index (χ4n) is 2.14. The van der Waals surface area contributed by atoms with Crippen LogP contribution in [0.15, 0.2) is 46.8 Å². The molecule has 0 saturated heterocycles. The molecule has 0 bridgehead atoms. The number of hydrogen-bond donors (Lipinski definition) is 1. The zero-order valence-electron chi connectivity index (χ0n) is 14.2. The van der Waals surface area contributed by atoms with Crippen LogP contribution in [-0.2, 0) is 5.75 Å². The molecule has 0 saturated carbocycles. The Kier molecular flexibility index (Phi) is 6.95. The molecule has 0 aliphatic heterocycles. The highest BCUT2D eigenvalue weighted by Crippen LogP contribution is 2.31. The Morgan fingerprint density at radius 1 is 1.19 bits per heavy atom. The maximum Gasteiger partial charge on any atom is 0.257 e. The number of nitrogens with zero attached hydrogens (tertiary/aromatic N) is 2. The van der Waals surface area contributed by atoms with Crippen molar-refractivity contribution in [2.75, 3.05) is 11.9 Å². The minimum atomic E-state index is -0.244. The van der Waals surface area contributed by atoms with Crippen molar-refractivity contribution in [2.24, 2.45) is 0 Å². The molecule has 27 heavy (non-hydrogen) atoms. The quantitative estimate of drug-likeness (QED) is 0.372. The molecule has 0 spiro atoms. The van der Waals surface area contributed by atoms with E-state index in [1.165, 1.54) is 23.1 Å². The second-order valence-corrected chi connectivity index (χ2v) is 8.35. The van der Waals surface area contributed by atoms with Crippen LogP contribution in [0, 0.1) is 0 Å². The third-order valence-electron chi connectivity index (χ3n) is 3.42. The van der Waals surface area contributed by atoms with E-state index in [2.05, 4.69) is 15.5 Å². The van der Waals surface area contributed by atoms with Gasteiger partial charge in [0.05, 0.1) is 6.61 Å². The second-order valence-electron chi connectivity index (χ2n) is 5.31. The second kappa shape index (κ2) is 9.41. The standard InChI is InChI=1S/C18H15Cl2N3O2S2/c1-2-25-14-7-4-11(5-8-14)16(24)21-17-22-23-18(27-17)26-10-12-3-6-13(19)9-15(12)20/h3-9H,2,10H2,1H3,(H,21,22,24). The van der Waals surface area contributed by atoms with Gasteiger partial charge >= 0.3 is 0 Å². The summed E-state index contributed by atoms with van der Waals surface area (Å²) < 4.78 is 6.11. The van der Waals surface area contributed by atoms with Crippen molar-refractivity contribution in [2.45, 2.75) is 17.0 Å². The number of hydrogen-bond acceptors (Lipinski definition) is 6. The minimum absolute atomic E-state index is 0.244. The van der Waals surface area contributed by atoms with E-state index in [1.807, 2.05) is 13.0 Å². The molecule has 1 N–H and O–H groups in total. The Morgan fingerprint density at radius 2 is 1.96 bits per heavy atom. The number of anilines is 1. The minimum Gasteiger partial charge on any atom is -0.494 e. The summed E-state index contributed by atoms with van der Waals surface area (Å²) in [7, 11) is 0. The lowest BCUT2D eigenvalue weighted by atomic mass is 10.2. The molecule has 140 valence electrons. The van der Waals surface area contributed by atoms with Crippen molar-refractivity contribution in [3.63, 3.8) is 0 Å². The van der Waals surface area contributed by atoms with Gasteiger partial charge in [0, 0.05) is 21.4 Å². The summed E-state index contributed by atoms with van der Waals surface area (Å²) in [6.07, 6.45) is 0. The predicted octanol–water partition coefficient (Wildman–Crippen LogP) is 5.79. The fourth-order valence-corrected chi connectivity index (χ4v) is 4.44. The number of nitrogens with one attached hydrogen (secondary N) is 1. The highest BCUT2D eigenvalue weighted by Gasteiger charge is 2.11. The predicted molar refractivity (Wildman–Crippen MR) is 111 cm³/mol. The first-order chi connectivity index (χ1) is 13.0. The van der Waals surface area contributed by atoms with Crippen LogP contribution < -0.4 is 10.1 Å². The van der Waals surface area contributed by atoms with Crippen molar-refractivity contribution in [3.05, 3.63) is 63.6 Å². The van der Waals surface area contributed by atoms with Gasteiger partial charge in [-0.25, -0.2) is 0 Å². The SMILES string of the molecule is CCOc1ccc(C(=O)Nc2nnc(SCc3ccc(Cl)cc3Cl)s2)cc1. The van der Waals surface area contributed by atoms with Gasteiger partial charge in [0.1, 0.15) is 5.75 Å². The first-order valence-electron chi connectivity index (χ1n) is 7.99. The van der Waals surface area contributed by atoms with Gasteiger partial charge in [-0.15, -0.1) is 10.2 Å². The molecule has 3 rings (SSSR count). The molecule has 9 heteroatoms. The highest BCUT2D eigenvalue weighted by atomic mass is 35.5. The van der Waals surface area contributed by atoms with Crippen LogP contribution >= 0.6 is 46.3 Å². The summed E-state index contributed by atoms with van der Waals surface area (Å²) in [6, 6.07) is 12.3. The highest BCUT2D eigenvalue weighted by molar-refractivity contribution is 8.00. The monoisotopic (exact) mass is 439 g/mol. The molecule has 0 radical (unpaired) electrons. The average molecular weight is 440 g/mol. The van der Waals surface area contributed by atoms with Crippen LogP contribution in [0.4, 0.5) is 5.13 Å². The van der Waals surface area contributed by atoms with Gasteiger partial charge in [0.2, 0.25) is 5.13 Å².